The quantitative estimate of drug-likeness (QED) is 0.318. The third-order valence-electron chi connectivity index (χ3n) is 0. The second-order valence-electron chi connectivity index (χ2n) is 0. The molecule has 0 aromatic rings. The van der Waals surface area contributed by atoms with E-state index in [0.29, 0.717) is 0 Å². The number of hydrogen-bond donors (Lipinski definition) is 0. The number of rotatable bonds is 0. The molecule has 0 aliphatic rings. The van der Waals surface area contributed by atoms with E-state index in [9.17, 15) is 0 Å². The van der Waals surface area contributed by atoms with Crippen LogP contribution in [0.15, 0.2) is 13.2 Å². The molecule has 0 atom stereocenters. The van der Waals surface area contributed by atoms with Crippen LogP contribution in [0.5, 0.6) is 0 Å². The molecular weight excluding hydrogens is 95.9 g/mol. The van der Waals surface area contributed by atoms with Crippen LogP contribution in [-0.4, -0.2) is 0 Å². The van der Waals surface area contributed by atoms with Gasteiger partial charge in [0.15, 0.2) is 0 Å². The average molecular weight is 102 g/mol. The summed E-state index contributed by atoms with van der Waals surface area (Å²) in [4.78, 5) is 0. The van der Waals surface area contributed by atoms with Gasteiger partial charge < -0.3 is 13.2 Å². The van der Waals surface area contributed by atoms with E-state index >= 15 is 0 Å². The van der Waals surface area contributed by atoms with Gasteiger partial charge in [-0.2, -0.15) is 0 Å². The topological polar surface area (TPSA) is 0 Å². The molecule has 0 aromatic carbocycles. The Morgan fingerprint density at radius 2 is 0.800 bits per heavy atom. The van der Waals surface area contributed by atoms with Crippen molar-refractivity contribution < 1.29 is 21.7 Å². The summed E-state index contributed by atoms with van der Waals surface area (Å²) in [5, 5.41) is 0. The SMILES string of the molecule is [CH-]=C.[CH-]=C.[Ti+2]. The fourth-order valence-corrected chi connectivity index (χ4v) is 0. The number of hydrogen-bond acceptors (Lipinski definition) is 0. The van der Waals surface area contributed by atoms with Gasteiger partial charge in [0, 0.05) is 0 Å². The van der Waals surface area contributed by atoms with Crippen molar-refractivity contribution in [2.75, 3.05) is 0 Å². The Kier molecular flexibility index (Phi) is 4300. The van der Waals surface area contributed by atoms with Crippen molar-refractivity contribution in [3.63, 3.8) is 0 Å². The first-order chi connectivity index (χ1) is 2.00. The molecule has 0 radical (unpaired) electrons. The van der Waals surface area contributed by atoms with Crippen LogP contribution in [0, 0.1) is 13.2 Å². The molecule has 5 heavy (non-hydrogen) atoms. The molecule has 0 saturated heterocycles. The normalized spacial score (nSPS) is 1.60. The minimum Gasteiger partial charge on any atom is -0.521 e. The van der Waals surface area contributed by atoms with Crippen LogP contribution >= 0.6 is 0 Å². The van der Waals surface area contributed by atoms with E-state index in [1.54, 1.807) is 0 Å². The van der Waals surface area contributed by atoms with Crippen molar-refractivity contribution in [3.8, 4) is 0 Å². The largest absolute Gasteiger partial charge is 2.00 e. The van der Waals surface area contributed by atoms with Gasteiger partial charge in [-0.3, -0.25) is 13.2 Å². The van der Waals surface area contributed by atoms with Gasteiger partial charge in [0.2, 0.25) is 0 Å². The van der Waals surface area contributed by atoms with E-state index in [0.717, 1.165) is 0 Å². The van der Waals surface area contributed by atoms with Gasteiger partial charge in [-0.15, -0.1) is 0 Å². The molecule has 0 nitrogen and oxygen atoms in total. The van der Waals surface area contributed by atoms with E-state index < -0.39 is 0 Å². The molecule has 0 heterocycles. The van der Waals surface area contributed by atoms with Crippen molar-refractivity contribution in [1.29, 1.82) is 0 Å². The molecule has 0 unspecified atom stereocenters. The van der Waals surface area contributed by atoms with Crippen LogP contribution in [0.1, 0.15) is 0 Å². The van der Waals surface area contributed by atoms with Gasteiger partial charge in [-0.05, 0) is 0 Å². The molecule has 0 spiro atoms. The van der Waals surface area contributed by atoms with E-state index in [1.807, 2.05) is 0 Å². The van der Waals surface area contributed by atoms with E-state index in [1.165, 1.54) is 0 Å². The summed E-state index contributed by atoms with van der Waals surface area (Å²) < 4.78 is 0. The van der Waals surface area contributed by atoms with Gasteiger partial charge >= 0.3 is 21.7 Å². The van der Waals surface area contributed by atoms with Gasteiger partial charge in [0.25, 0.3) is 0 Å². The molecule has 0 aromatic heterocycles. The Labute approximate surface area is 48.5 Å². The summed E-state index contributed by atoms with van der Waals surface area (Å²) >= 11 is 0. The molecule has 0 bridgehead atoms. The van der Waals surface area contributed by atoms with E-state index in [4.69, 9.17) is 0 Å². The summed E-state index contributed by atoms with van der Waals surface area (Å²) in [6.07, 6.45) is 0. The Balaban J connectivity index is -0.0000000133. The van der Waals surface area contributed by atoms with Crippen molar-refractivity contribution in [2.24, 2.45) is 0 Å². The first-order valence-corrected chi connectivity index (χ1v) is 0.816. The second-order valence-corrected chi connectivity index (χ2v) is 0. The van der Waals surface area contributed by atoms with Crippen molar-refractivity contribution >= 4 is 0 Å². The van der Waals surface area contributed by atoms with E-state index in [2.05, 4.69) is 26.3 Å². The Bertz CT molecular complexity index is 5.61. The van der Waals surface area contributed by atoms with Crippen LogP contribution in [0.25, 0.3) is 0 Å². The summed E-state index contributed by atoms with van der Waals surface area (Å²) in [6, 6.07) is 0. The fourth-order valence-electron chi connectivity index (χ4n) is 0. The molecule has 0 N–H and O–H groups in total. The average Bonchev–Trinajstić information content (AvgIpc) is 1.50. The summed E-state index contributed by atoms with van der Waals surface area (Å²) in [7, 11) is 0. The van der Waals surface area contributed by atoms with E-state index in [-0.39, 0.29) is 21.7 Å². The monoisotopic (exact) mass is 102 g/mol. The molecule has 0 amide bonds. The Morgan fingerprint density at radius 1 is 0.800 bits per heavy atom. The molecule has 1 heteroatoms. The third kappa shape index (κ3) is 535. The van der Waals surface area contributed by atoms with Crippen LogP contribution in [0.4, 0.5) is 0 Å². The Morgan fingerprint density at radius 3 is 0.800 bits per heavy atom. The van der Waals surface area contributed by atoms with Crippen LogP contribution < -0.4 is 0 Å². The molecular formula is C4H6Ti. The minimum absolute atomic E-state index is 0. The second kappa shape index (κ2) is 1130. The maximum absolute atomic E-state index is 4.25. The molecule has 0 aliphatic heterocycles. The molecule has 0 fully saturated rings. The molecule has 26 valence electrons. The van der Waals surface area contributed by atoms with Crippen LogP contribution in [0.2, 0.25) is 0 Å². The van der Waals surface area contributed by atoms with Crippen LogP contribution in [-0.2, 0) is 21.7 Å². The van der Waals surface area contributed by atoms with Gasteiger partial charge in [-0.25, -0.2) is 0 Å². The molecule has 0 aliphatic carbocycles. The minimum atomic E-state index is 0. The predicted octanol–water partition coefficient (Wildman–Crippen LogP) is 1.21. The van der Waals surface area contributed by atoms with Crippen LogP contribution in [0.3, 0.4) is 0 Å². The molecule has 0 saturated carbocycles. The van der Waals surface area contributed by atoms with Gasteiger partial charge in [0.05, 0.1) is 0 Å². The maximum atomic E-state index is 4.25. The van der Waals surface area contributed by atoms with Gasteiger partial charge in [0.1, 0.15) is 0 Å². The zero-order valence-electron chi connectivity index (χ0n) is 3.07. The summed E-state index contributed by atoms with van der Waals surface area (Å²) in [5.74, 6) is 0. The van der Waals surface area contributed by atoms with Crippen molar-refractivity contribution in [1.82, 2.24) is 0 Å². The first-order valence-electron chi connectivity index (χ1n) is 0.816. The van der Waals surface area contributed by atoms with Gasteiger partial charge in [-0.1, -0.05) is 0 Å². The zero-order chi connectivity index (χ0) is 4.00. The smallest absolute Gasteiger partial charge is 0.521 e. The standard InChI is InChI=1S/2C2H3.Ti/c2*1-2;/h2*1H,2H2;/q2*-1;+2. The zero-order valence-corrected chi connectivity index (χ0v) is 4.63. The first kappa shape index (κ1) is 19.0. The van der Waals surface area contributed by atoms with Crippen molar-refractivity contribution in [3.05, 3.63) is 26.3 Å². The predicted molar refractivity (Wildman–Crippen MR) is 19.9 cm³/mol. The summed E-state index contributed by atoms with van der Waals surface area (Å²) in [6.45, 7) is 14.0. The third-order valence-corrected chi connectivity index (χ3v) is 0. The molecule has 0 rings (SSSR count). The Hall–Kier alpha value is 0.194. The summed E-state index contributed by atoms with van der Waals surface area (Å²) in [5.41, 5.74) is 0. The van der Waals surface area contributed by atoms with Crippen molar-refractivity contribution in [2.45, 2.75) is 0 Å². The maximum Gasteiger partial charge on any atom is 2.00 e. The fraction of sp³-hybridized carbons (Fsp3) is 0.